The molecule has 0 aromatic heterocycles. The number of hydrogen-bond donors (Lipinski definition) is 1. The molecule has 1 rings (SSSR count). The molecule has 0 heterocycles. The maximum atomic E-state index is 13.5. The topological polar surface area (TPSA) is 65.0 Å². The first-order valence-corrected chi connectivity index (χ1v) is 5.88. The van der Waals surface area contributed by atoms with Crippen molar-refractivity contribution in [3.8, 4) is 5.75 Å². The summed E-state index contributed by atoms with van der Waals surface area (Å²) in [6, 6.07) is 3.80. The molecule has 0 saturated carbocycles. The van der Waals surface area contributed by atoms with E-state index in [0.717, 1.165) is 6.07 Å². The van der Waals surface area contributed by atoms with E-state index in [1.807, 2.05) is 0 Å². The van der Waals surface area contributed by atoms with E-state index in [9.17, 15) is 9.18 Å². The van der Waals surface area contributed by atoms with E-state index in [2.05, 4.69) is 0 Å². The number of carboxylic acids is 1. The first kappa shape index (κ1) is 15.4. The second kappa shape index (κ2) is 8.44. The van der Waals surface area contributed by atoms with Gasteiger partial charge in [-0.25, -0.2) is 9.18 Å². The number of benzene rings is 1. The van der Waals surface area contributed by atoms with E-state index >= 15 is 0 Å². The summed E-state index contributed by atoms with van der Waals surface area (Å²) in [5.74, 6) is -2.13. The molecule has 0 bridgehead atoms. The van der Waals surface area contributed by atoms with Gasteiger partial charge in [-0.1, -0.05) is 6.07 Å². The zero-order valence-corrected chi connectivity index (χ0v) is 10.7. The number of carbonyl (C=O) groups is 1. The van der Waals surface area contributed by atoms with Gasteiger partial charge in [-0.3, -0.25) is 0 Å². The molecule has 0 radical (unpaired) electrons. The Morgan fingerprint density at radius 2 is 2.05 bits per heavy atom. The molecule has 0 spiro atoms. The first-order valence-electron chi connectivity index (χ1n) is 5.88. The molecule has 0 atom stereocenters. The Morgan fingerprint density at radius 3 is 2.74 bits per heavy atom. The number of rotatable bonds is 9. The molecule has 0 amide bonds. The second-order valence-electron chi connectivity index (χ2n) is 3.73. The molecular formula is C13H17FO5. The highest BCUT2D eigenvalue weighted by Crippen LogP contribution is 2.22. The zero-order valence-electron chi connectivity index (χ0n) is 10.7. The van der Waals surface area contributed by atoms with Crippen molar-refractivity contribution in [2.24, 2.45) is 0 Å². The lowest BCUT2D eigenvalue weighted by Crippen LogP contribution is -2.09. The lowest BCUT2D eigenvalue weighted by atomic mass is 10.2. The van der Waals surface area contributed by atoms with E-state index in [1.54, 1.807) is 7.11 Å². The smallest absolute Gasteiger partial charge is 0.339 e. The monoisotopic (exact) mass is 272 g/mol. The van der Waals surface area contributed by atoms with Crippen LogP contribution in [0.15, 0.2) is 18.2 Å². The minimum Gasteiger partial charge on any atom is -0.490 e. The van der Waals surface area contributed by atoms with Gasteiger partial charge in [0.15, 0.2) is 11.6 Å². The molecule has 6 heteroatoms. The number of aromatic carboxylic acids is 1. The van der Waals surface area contributed by atoms with Gasteiger partial charge in [-0.05, 0) is 12.1 Å². The summed E-state index contributed by atoms with van der Waals surface area (Å²) in [7, 11) is 1.58. The van der Waals surface area contributed by atoms with Crippen LogP contribution in [0.25, 0.3) is 0 Å². The molecule has 0 fully saturated rings. The maximum Gasteiger partial charge on any atom is 0.339 e. The van der Waals surface area contributed by atoms with Crippen molar-refractivity contribution in [2.45, 2.75) is 6.42 Å². The highest BCUT2D eigenvalue weighted by molar-refractivity contribution is 5.90. The van der Waals surface area contributed by atoms with Gasteiger partial charge in [-0.15, -0.1) is 0 Å². The fourth-order valence-electron chi connectivity index (χ4n) is 1.40. The fraction of sp³-hybridized carbons (Fsp3) is 0.462. The van der Waals surface area contributed by atoms with Crippen molar-refractivity contribution in [1.29, 1.82) is 0 Å². The molecule has 1 N–H and O–H groups in total. The van der Waals surface area contributed by atoms with Crippen LogP contribution in [0, 0.1) is 5.82 Å². The summed E-state index contributed by atoms with van der Waals surface area (Å²) in [6.45, 7) is 1.63. The van der Waals surface area contributed by atoms with Crippen molar-refractivity contribution in [3.05, 3.63) is 29.6 Å². The molecule has 0 saturated heterocycles. The summed E-state index contributed by atoms with van der Waals surface area (Å²) >= 11 is 0. The van der Waals surface area contributed by atoms with Gasteiger partial charge in [0.05, 0.1) is 19.8 Å². The summed E-state index contributed by atoms with van der Waals surface area (Å²) in [6.07, 6.45) is 0.539. The van der Waals surface area contributed by atoms with Gasteiger partial charge in [0.2, 0.25) is 0 Å². The van der Waals surface area contributed by atoms with Crippen LogP contribution in [0.1, 0.15) is 16.8 Å². The lowest BCUT2D eigenvalue weighted by molar-refractivity contribution is 0.0634. The van der Waals surface area contributed by atoms with E-state index < -0.39 is 11.8 Å². The highest BCUT2D eigenvalue weighted by atomic mass is 19.1. The lowest BCUT2D eigenvalue weighted by Gasteiger charge is -2.10. The Bertz CT molecular complexity index is 408. The summed E-state index contributed by atoms with van der Waals surface area (Å²) in [5.41, 5.74) is -0.180. The predicted octanol–water partition coefficient (Wildman–Crippen LogP) is 1.96. The van der Waals surface area contributed by atoms with Crippen molar-refractivity contribution >= 4 is 5.97 Å². The normalized spacial score (nSPS) is 10.4. The molecule has 0 aliphatic heterocycles. The quantitative estimate of drug-likeness (QED) is 0.696. The number of hydrogen-bond acceptors (Lipinski definition) is 4. The van der Waals surface area contributed by atoms with Crippen LogP contribution in [0.4, 0.5) is 4.39 Å². The minimum absolute atomic E-state index is 0.180. The molecule has 0 unspecified atom stereocenters. The fourth-order valence-corrected chi connectivity index (χ4v) is 1.40. The molecule has 19 heavy (non-hydrogen) atoms. The Kier molecular flexibility index (Phi) is 6.84. The van der Waals surface area contributed by atoms with Crippen LogP contribution < -0.4 is 4.74 Å². The third-order valence-corrected chi connectivity index (χ3v) is 2.31. The van der Waals surface area contributed by atoms with Crippen LogP contribution in [0.2, 0.25) is 0 Å². The van der Waals surface area contributed by atoms with Crippen molar-refractivity contribution < 1.29 is 28.5 Å². The van der Waals surface area contributed by atoms with Crippen LogP contribution in [0.5, 0.6) is 5.75 Å². The SMILES string of the molecule is COCCOCCCOc1c(F)cccc1C(=O)O. The Morgan fingerprint density at radius 1 is 1.26 bits per heavy atom. The Balaban J connectivity index is 2.38. The first-order chi connectivity index (χ1) is 9.16. The van der Waals surface area contributed by atoms with Crippen LogP contribution >= 0.6 is 0 Å². The maximum absolute atomic E-state index is 13.5. The Hall–Kier alpha value is -1.66. The van der Waals surface area contributed by atoms with Crippen LogP contribution in [-0.4, -0.2) is 44.6 Å². The number of halogens is 1. The molecular weight excluding hydrogens is 255 g/mol. The van der Waals surface area contributed by atoms with Crippen LogP contribution in [-0.2, 0) is 9.47 Å². The van der Waals surface area contributed by atoms with Crippen molar-refractivity contribution in [2.75, 3.05) is 33.5 Å². The summed E-state index contributed by atoms with van der Waals surface area (Å²) in [5, 5.41) is 8.90. The van der Waals surface area contributed by atoms with Crippen molar-refractivity contribution in [1.82, 2.24) is 0 Å². The van der Waals surface area contributed by atoms with Crippen molar-refractivity contribution in [3.63, 3.8) is 0 Å². The molecule has 0 aliphatic carbocycles. The predicted molar refractivity (Wildman–Crippen MR) is 66.2 cm³/mol. The van der Waals surface area contributed by atoms with Gasteiger partial charge >= 0.3 is 5.97 Å². The number of carboxylic acid groups (broad SMARTS) is 1. The van der Waals surface area contributed by atoms with E-state index in [-0.39, 0.29) is 17.9 Å². The molecule has 1 aromatic carbocycles. The molecule has 106 valence electrons. The number of ether oxygens (including phenoxy) is 3. The molecule has 1 aromatic rings. The molecule has 0 aliphatic rings. The molecule has 5 nitrogen and oxygen atoms in total. The summed E-state index contributed by atoms with van der Waals surface area (Å²) in [4.78, 5) is 10.9. The second-order valence-corrected chi connectivity index (χ2v) is 3.73. The average Bonchev–Trinajstić information content (AvgIpc) is 2.39. The number of methoxy groups -OCH3 is 1. The van der Waals surface area contributed by atoms with Gasteiger partial charge in [0.25, 0.3) is 0 Å². The van der Waals surface area contributed by atoms with Gasteiger partial charge < -0.3 is 19.3 Å². The highest BCUT2D eigenvalue weighted by Gasteiger charge is 2.15. The third kappa shape index (κ3) is 5.23. The van der Waals surface area contributed by atoms with E-state index in [1.165, 1.54) is 12.1 Å². The Labute approximate surface area is 110 Å². The zero-order chi connectivity index (χ0) is 14.1. The van der Waals surface area contributed by atoms with Crippen LogP contribution in [0.3, 0.4) is 0 Å². The van der Waals surface area contributed by atoms with Gasteiger partial charge in [0, 0.05) is 20.1 Å². The minimum atomic E-state index is -1.22. The largest absolute Gasteiger partial charge is 0.490 e. The standard InChI is InChI=1S/C13H17FO5/c1-17-8-9-18-6-3-7-19-12-10(13(15)16)4-2-5-11(12)14/h2,4-5H,3,6-9H2,1H3,(H,15,16). The number of para-hydroxylation sites is 1. The third-order valence-electron chi connectivity index (χ3n) is 2.31. The van der Waals surface area contributed by atoms with Gasteiger partial charge in [-0.2, -0.15) is 0 Å². The van der Waals surface area contributed by atoms with E-state index in [4.69, 9.17) is 19.3 Å². The summed E-state index contributed by atoms with van der Waals surface area (Å²) < 4.78 is 28.6. The van der Waals surface area contributed by atoms with Gasteiger partial charge in [0.1, 0.15) is 5.56 Å². The van der Waals surface area contributed by atoms with E-state index in [0.29, 0.717) is 26.2 Å². The average molecular weight is 272 g/mol.